The van der Waals surface area contributed by atoms with Crippen molar-refractivity contribution >= 4 is 15.8 Å². The van der Waals surface area contributed by atoms with Gasteiger partial charge in [-0.05, 0) is 25.7 Å². The van der Waals surface area contributed by atoms with Crippen molar-refractivity contribution in [1.29, 1.82) is 0 Å². The number of nitrogens with one attached hydrogen (secondary N) is 2. The second-order valence-corrected chi connectivity index (χ2v) is 6.28. The van der Waals surface area contributed by atoms with Crippen molar-refractivity contribution < 1.29 is 8.42 Å². The lowest BCUT2D eigenvalue weighted by Gasteiger charge is -2.17. The summed E-state index contributed by atoms with van der Waals surface area (Å²) in [7, 11) is -3.12. The lowest BCUT2D eigenvalue weighted by atomic mass is 9.96. The van der Waals surface area contributed by atoms with E-state index >= 15 is 0 Å². The molecular weight excluding hydrogens is 252 g/mol. The Morgan fingerprint density at radius 1 is 1.22 bits per heavy atom. The van der Waals surface area contributed by atoms with Crippen LogP contribution in [0.25, 0.3) is 0 Å². The molecule has 0 amide bonds. The Balaban J connectivity index is 1.93. The molecule has 1 heterocycles. The standard InChI is InChI=1S/C11H18N4O2S/c1-18(16,17)15-7-6-12-11-9-4-2-3-5-10(9)13-8-14-11/h8,15H,2-7H2,1H3,(H,12,13,14). The molecule has 0 atom stereocenters. The lowest BCUT2D eigenvalue weighted by Crippen LogP contribution is -2.28. The highest BCUT2D eigenvalue weighted by atomic mass is 32.2. The van der Waals surface area contributed by atoms with Gasteiger partial charge < -0.3 is 5.32 Å². The first-order valence-corrected chi connectivity index (χ1v) is 7.96. The Morgan fingerprint density at radius 3 is 2.78 bits per heavy atom. The fourth-order valence-electron chi connectivity index (χ4n) is 2.09. The number of nitrogens with zero attached hydrogens (tertiary/aromatic N) is 2. The first kappa shape index (κ1) is 13.2. The van der Waals surface area contributed by atoms with Crippen LogP contribution in [0.15, 0.2) is 6.33 Å². The van der Waals surface area contributed by atoms with Crippen LogP contribution in [0.5, 0.6) is 0 Å². The van der Waals surface area contributed by atoms with Gasteiger partial charge in [0.25, 0.3) is 0 Å². The van der Waals surface area contributed by atoms with E-state index < -0.39 is 10.0 Å². The predicted octanol–water partition coefficient (Wildman–Crippen LogP) is 0.316. The fourth-order valence-corrected chi connectivity index (χ4v) is 2.56. The summed E-state index contributed by atoms with van der Waals surface area (Å²) >= 11 is 0. The quantitative estimate of drug-likeness (QED) is 0.753. The summed E-state index contributed by atoms with van der Waals surface area (Å²) in [6.07, 6.45) is 7.07. The number of aromatic nitrogens is 2. The molecule has 0 saturated heterocycles. The topological polar surface area (TPSA) is 84.0 Å². The van der Waals surface area contributed by atoms with Gasteiger partial charge in [-0.3, -0.25) is 0 Å². The van der Waals surface area contributed by atoms with E-state index in [9.17, 15) is 8.42 Å². The van der Waals surface area contributed by atoms with Crippen molar-refractivity contribution in [1.82, 2.24) is 14.7 Å². The molecule has 7 heteroatoms. The zero-order chi connectivity index (χ0) is 13.0. The van der Waals surface area contributed by atoms with Gasteiger partial charge in [-0.2, -0.15) is 0 Å². The molecule has 1 aromatic heterocycles. The van der Waals surface area contributed by atoms with Crippen LogP contribution in [0, 0.1) is 0 Å². The molecule has 1 aromatic rings. The summed E-state index contributed by atoms with van der Waals surface area (Å²) in [5, 5.41) is 3.17. The van der Waals surface area contributed by atoms with Gasteiger partial charge in [0.15, 0.2) is 0 Å². The summed E-state index contributed by atoms with van der Waals surface area (Å²) < 4.78 is 24.3. The highest BCUT2D eigenvalue weighted by Crippen LogP contribution is 2.23. The maximum Gasteiger partial charge on any atom is 0.208 e. The summed E-state index contributed by atoms with van der Waals surface area (Å²) in [6, 6.07) is 0. The van der Waals surface area contributed by atoms with Gasteiger partial charge in [-0.25, -0.2) is 23.1 Å². The van der Waals surface area contributed by atoms with Gasteiger partial charge in [0.05, 0.1) is 6.26 Å². The third-order valence-electron chi connectivity index (χ3n) is 2.91. The first-order valence-electron chi connectivity index (χ1n) is 6.07. The highest BCUT2D eigenvalue weighted by Gasteiger charge is 2.14. The minimum Gasteiger partial charge on any atom is -0.368 e. The molecule has 0 saturated carbocycles. The van der Waals surface area contributed by atoms with Crippen molar-refractivity contribution in [3.05, 3.63) is 17.6 Å². The molecule has 1 aliphatic carbocycles. The second kappa shape index (κ2) is 5.62. The summed E-state index contributed by atoms with van der Waals surface area (Å²) in [4.78, 5) is 8.51. The third kappa shape index (κ3) is 3.64. The van der Waals surface area contributed by atoms with E-state index in [4.69, 9.17) is 0 Å². The largest absolute Gasteiger partial charge is 0.368 e. The van der Waals surface area contributed by atoms with E-state index in [1.54, 1.807) is 6.33 Å². The lowest BCUT2D eigenvalue weighted by molar-refractivity contribution is 0.589. The van der Waals surface area contributed by atoms with Crippen molar-refractivity contribution in [2.45, 2.75) is 25.7 Å². The van der Waals surface area contributed by atoms with Gasteiger partial charge in [-0.15, -0.1) is 0 Å². The number of hydrogen-bond donors (Lipinski definition) is 2. The average molecular weight is 270 g/mol. The van der Waals surface area contributed by atoms with Crippen LogP contribution < -0.4 is 10.0 Å². The van der Waals surface area contributed by atoms with Crippen LogP contribution in [0.2, 0.25) is 0 Å². The van der Waals surface area contributed by atoms with E-state index in [0.29, 0.717) is 13.1 Å². The molecule has 0 fully saturated rings. The van der Waals surface area contributed by atoms with Gasteiger partial charge in [-0.1, -0.05) is 0 Å². The Kier molecular flexibility index (Phi) is 4.13. The monoisotopic (exact) mass is 270 g/mol. The van der Waals surface area contributed by atoms with Crippen LogP contribution in [-0.2, 0) is 22.9 Å². The van der Waals surface area contributed by atoms with Crippen molar-refractivity contribution in [3.63, 3.8) is 0 Å². The van der Waals surface area contributed by atoms with E-state index in [-0.39, 0.29) is 0 Å². The van der Waals surface area contributed by atoms with Crippen molar-refractivity contribution in [2.75, 3.05) is 24.7 Å². The van der Waals surface area contributed by atoms with Crippen molar-refractivity contribution in [2.24, 2.45) is 0 Å². The van der Waals surface area contributed by atoms with E-state index in [1.165, 1.54) is 12.0 Å². The highest BCUT2D eigenvalue weighted by molar-refractivity contribution is 7.88. The minimum absolute atomic E-state index is 0.359. The molecule has 18 heavy (non-hydrogen) atoms. The normalized spacial score (nSPS) is 15.2. The Labute approximate surface area is 107 Å². The molecule has 0 unspecified atom stereocenters. The molecule has 0 aliphatic heterocycles. The van der Waals surface area contributed by atoms with Gasteiger partial charge >= 0.3 is 0 Å². The number of sulfonamides is 1. The fraction of sp³-hybridized carbons (Fsp3) is 0.636. The second-order valence-electron chi connectivity index (χ2n) is 4.45. The molecule has 0 aromatic carbocycles. The molecule has 0 spiro atoms. The van der Waals surface area contributed by atoms with Crippen LogP contribution in [-0.4, -0.2) is 37.7 Å². The molecule has 6 nitrogen and oxygen atoms in total. The van der Waals surface area contributed by atoms with E-state index in [1.807, 2.05) is 0 Å². The molecule has 2 N–H and O–H groups in total. The third-order valence-corrected chi connectivity index (χ3v) is 3.64. The Hall–Kier alpha value is -1.21. The SMILES string of the molecule is CS(=O)(=O)NCCNc1ncnc2c1CCCC2. The molecular formula is C11H18N4O2S. The molecule has 100 valence electrons. The Morgan fingerprint density at radius 2 is 2.00 bits per heavy atom. The van der Waals surface area contributed by atoms with Gasteiger partial charge in [0, 0.05) is 24.3 Å². The summed E-state index contributed by atoms with van der Waals surface area (Å²) in [5.41, 5.74) is 2.30. The number of rotatable bonds is 5. The van der Waals surface area contributed by atoms with Crippen LogP contribution in [0.3, 0.4) is 0 Å². The number of fused-ring (bicyclic) bond motifs is 1. The predicted molar refractivity (Wildman–Crippen MR) is 70.0 cm³/mol. The zero-order valence-corrected chi connectivity index (χ0v) is 11.3. The molecule has 2 rings (SSSR count). The molecule has 0 bridgehead atoms. The van der Waals surface area contributed by atoms with Crippen LogP contribution in [0.4, 0.5) is 5.82 Å². The maximum absolute atomic E-state index is 10.9. The minimum atomic E-state index is -3.12. The Bertz CT molecular complexity index is 516. The average Bonchev–Trinajstić information content (AvgIpc) is 2.33. The van der Waals surface area contributed by atoms with Crippen molar-refractivity contribution in [3.8, 4) is 0 Å². The first-order chi connectivity index (χ1) is 8.56. The summed E-state index contributed by atoms with van der Waals surface area (Å²) in [5.74, 6) is 0.843. The number of hydrogen-bond acceptors (Lipinski definition) is 5. The van der Waals surface area contributed by atoms with Crippen LogP contribution in [0.1, 0.15) is 24.1 Å². The van der Waals surface area contributed by atoms with E-state index in [2.05, 4.69) is 20.0 Å². The maximum atomic E-state index is 10.9. The number of aryl methyl sites for hydroxylation is 1. The molecule has 1 aliphatic rings. The van der Waals surface area contributed by atoms with Gasteiger partial charge in [0.2, 0.25) is 10.0 Å². The van der Waals surface area contributed by atoms with Gasteiger partial charge in [0.1, 0.15) is 12.1 Å². The number of anilines is 1. The summed E-state index contributed by atoms with van der Waals surface area (Å²) in [6.45, 7) is 0.883. The smallest absolute Gasteiger partial charge is 0.208 e. The van der Waals surface area contributed by atoms with E-state index in [0.717, 1.165) is 37.0 Å². The molecule has 0 radical (unpaired) electrons. The van der Waals surface area contributed by atoms with Crippen LogP contribution >= 0.6 is 0 Å². The zero-order valence-electron chi connectivity index (χ0n) is 10.4.